The minimum Gasteiger partial charge on any atom is -0.486 e. The zero-order valence-corrected chi connectivity index (χ0v) is 9.01. The van der Waals surface area contributed by atoms with E-state index >= 15 is 0 Å². The van der Waals surface area contributed by atoms with Crippen molar-refractivity contribution in [2.45, 2.75) is 6.42 Å². The SMILES string of the molecule is NCCc1cccc(F)c1OC/C=C/Cl. The second-order valence-electron chi connectivity index (χ2n) is 2.94. The molecule has 2 nitrogen and oxygen atoms in total. The summed E-state index contributed by atoms with van der Waals surface area (Å²) in [7, 11) is 0. The summed E-state index contributed by atoms with van der Waals surface area (Å²) in [6.07, 6.45) is 2.19. The van der Waals surface area contributed by atoms with Crippen LogP contribution < -0.4 is 10.5 Å². The van der Waals surface area contributed by atoms with E-state index in [0.717, 1.165) is 5.56 Å². The predicted molar refractivity (Wildman–Crippen MR) is 59.6 cm³/mol. The van der Waals surface area contributed by atoms with Crippen molar-refractivity contribution in [3.05, 3.63) is 41.2 Å². The Labute approximate surface area is 93.5 Å². The van der Waals surface area contributed by atoms with E-state index in [2.05, 4.69) is 0 Å². The van der Waals surface area contributed by atoms with Crippen LogP contribution in [0.1, 0.15) is 5.56 Å². The Morgan fingerprint density at radius 1 is 1.47 bits per heavy atom. The first-order chi connectivity index (χ1) is 7.29. The molecule has 0 bridgehead atoms. The maximum Gasteiger partial charge on any atom is 0.165 e. The topological polar surface area (TPSA) is 35.2 Å². The largest absolute Gasteiger partial charge is 0.486 e. The van der Waals surface area contributed by atoms with Crippen molar-refractivity contribution in [1.82, 2.24) is 0 Å². The Balaban J connectivity index is 2.81. The van der Waals surface area contributed by atoms with Crippen LogP contribution in [0.15, 0.2) is 29.8 Å². The van der Waals surface area contributed by atoms with E-state index in [-0.39, 0.29) is 18.2 Å². The third-order valence-electron chi connectivity index (χ3n) is 1.88. The molecule has 2 N–H and O–H groups in total. The second-order valence-corrected chi connectivity index (χ2v) is 3.19. The van der Waals surface area contributed by atoms with Crippen LogP contribution in [0.5, 0.6) is 5.75 Å². The maximum absolute atomic E-state index is 13.4. The molecule has 0 unspecified atom stereocenters. The summed E-state index contributed by atoms with van der Waals surface area (Å²) in [5, 5.41) is 0. The molecule has 0 heterocycles. The van der Waals surface area contributed by atoms with Gasteiger partial charge < -0.3 is 10.5 Å². The third kappa shape index (κ3) is 3.53. The molecule has 4 heteroatoms. The van der Waals surface area contributed by atoms with Crippen LogP contribution in [0.25, 0.3) is 0 Å². The highest BCUT2D eigenvalue weighted by atomic mass is 35.5. The smallest absolute Gasteiger partial charge is 0.165 e. The molecule has 0 fully saturated rings. The molecule has 0 radical (unpaired) electrons. The fraction of sp³-hybridized carbons (Fsp3) is 0.273. The lowest BCUT2D eigenvalue weighted by Crippen LogP contribution is -2.06. The molecule has 15 heavy (non-hydrogen) atoms. The molecule has 0 amide bonds. The molecule has 0 saturated heterocycles. The van der Waals surface area contributed by atoms with Gasteiger partial charge in [0.1, 0.15) is 6.61 Å². The molecular weight excluding hydrogens is 217 g/mol. The molecule has 82 valence electrons. The average molecular weight is 230 g/mol. The van der Waals surface area contributed by atoms with Gasteiger partial charge in [-0.3, -0.25) is 0 Å². The fourth-order valence-corrected chi connectivity index (χ4v) is 1.31. The minimum atomic E-state index is -0.371. The van der Waals surface area contributed by atoms with Crippen LogP contribution in [0, 0.1) is 5.82 Å². The summed E-state index contributed by atoms with van der Waals surface area (Å²) in [5.74, 6) is -0.110. The monoisotopic (exact) mass is 229 g/mol. The average Bonchev–Trinajstić information content (AvgIpc) is 2.23. The van der Waals surface area contributed by atoms with Crippen LogP contribution in [-0.4, -0.2) is 13.2 Å². The summed E-state index contributed by atoms with van der Waals surface area (Å²) in [5.41, 5.74) is 7.54. The highest BCUT2D eigenvalue weighted by Gasteiger charge is 2.08. The summed E-state index contributed by atoms with van der Waals surface area (Å²) >= 11 is 5.33. The Bertz CT molecular complexity index is 341. The van der Waals surface area contributed by atoms with Crippen molar-refractivity contribution >= 4 is 11.6 Å². The van der Waals surface area contributed by atoms with E-state index in [0.29, 0.717) is 13.0 Å². The zero-order valence-electron chi connectivity index (χ0n) is 8.25. The number of benzene rings is 1. The fourth-order valence-electron chi connectivity index (χ4n) is 1.24. The van der Waals surface area contributed by atoms with Crippen LogP contribution in [0.3, 0.4) is 0 Å². The number of halogens is 2. The molecule has 0 aliphatic rings. The van der Waals surface area contributed by atoms with Gasteiger partial charge in [0.25, 0.3) is 0 Å². The molecule has 0 atom stereocenters. The molecule has 0 aliphatic heterocycles. The van der Waals surface area contributed by atoms with Crippen molar-refractivity contribution in [2.24, 2.45) is 5.73 Å². The lowest BCUT2D eigenvalue weighted by atomic mass is 10.1. The van der Waals surface area contributed by atoms with Crippen molar-refractivity contribution in [3.8, 4) is 5.75 Å². The van der Waals surface area contributed by atoms with Gasteiger partial charge >= 0.3 is 0 Å². The van der Waals surface area contributed by atoms with Gasteiger partial charge in [-0.05, 0) is 30.7 Å². The number of rotatable bonds is 5. The summed E-state index contributed by atoms with van der Waals surface area (Å²) in [6.45, 7) is 0.715. The van der Waals surface area contributed by atoms with Crippen molar-refractivity contribution in [3.63, 3.8) is 0 Å². The highest BCUT2D eigenvalue weighted by Crippen LogP contribution is 2.22. The van der Waals surface area contributed by atoms with Crippen LogP contribution in [0.4, 0.5) is 4.39 Å². The first-order valence-corrected chi connectivity index (χ1v) is 5.08. The van der Waals surface area contributed by atoms with Crippen molar-refractivity contribution < 1.29 is 9.13 Å². The highest BCUT2D eigenvalue weighted by molar-refractivity contribution is 6.25. The van der Waals surface area contributed by atoms with Gasteiger partial charge in [-0.15, -0.1) is 0 Å². The van der Waals surface area contributed by atoms with Gasteiger partial charge in [0.05, 0.1) is 0 Å². The van der Waals surface area contributed by atoms with Crippen LogP contribution >= 0.6 is 11.6 Å². The molecule has 0 aliphatic carbocycles. The standard InChI is InChI=1S/C11H13ClFNO/c12-6-2-8-15-11-9(5-7-14)3-1-4-10(11)13/h1-4,6H,5,7-8,14H2/b6-2+. The normalized spacial score (nSPS) is 10.9. The lowest BCUT2D eigenvalue weighted by molar-refractivity contribution is 0.337. The number of hydrogen-bond acceptors (Lipinski definition) is 2. The van der Waals surface area contributed by atoms with Gasteiger partial charge in [-0.1, -0.05) is 23.7 Å². The van der Waals surface area contributed by atoms with Crippen molar-refractivity contribution in [2.75, 3.05) is 13.2 Å². The molecule has 1 aromatic rings. The molecule has 0 spiro atoms. The molecule has 1 rings (SSSR count). The Morgan fingerprint density at radius 3 is 2.93 bits per heavy atom. The number of nitrogens with two attached hydrogens (primary N) is 1. The summed E-state index contributed by atoms with van der Waals surface area (Å²) < 4.78 is 18.6. The van der Waals surface area contributed by atoms with Gasteiger partial charge in [-0.25, -0.2) is 4.39 Å². The van der Waals surface area contributed by atoms with Gasteiger partial charge in [0.2, 0.25) is 0 Å². The summed E-state index contributed by atoms with van der Waals surface area (Å²) in [4.78, 5) is 0. The third-order valence-corrected chi connectivity index (χ3v) is 2.05. The van der Waals surface area contributed by atoms with E-state index in [1.54, 1.807) is 18.2 Å². The minimum absolute atomic E-state index is 0.252. The van der Waals surface area contributed by atoms with E-state index in [1.165, 1.54) is 11.6 Å². The molecular formula is C11H13ClFNO. The second kappa shape index (κ2) is 6.43. The maximum atomic E-state index is 13.4. The van der Waals surface area contributed by atoms with E-state index in [9.17, 15) is 4.39 Å². The van der Waals surface area contributed by atoms with Gasteiger partial charge in [-0.2, -0.15) is 0 Å². The Morgan fingerprint density at radius 2 is 2.27 bits per heavy atom. The lowest BCUT2D eigenvalue weighted by Gasteiger charge is -2.10. The predicted octanol–water partition coefficient (Wildman–Crippen LogP) is 2.46. The first-order valence-electron chi connectivity index (χ1n) is 4.65. The van der Waals surface area contributed by atoms with E-state index in [4.69, 9.17) is 22.1 Å². The van der Waals surface area contributed by atoms with Crippen LogP contribution in [0.2, 0.25) is 0 Å². The molecule has 0 saturated carbocycles. The zero-order chi connectivity index (χ0) is 11.1. The number of para-hydroxylation sites is 1. The number of ether oxygens (including phenoxy) is 1. The molecule has 0 aromatic heterocycles. The van der Waals surface area contributed by atoms with Crippen LogP contribution in [-0.2, 0) is 6.42 Å². The van der Waals surface area contributed by atoms with Crippen molar-refractivity contribution in [1.29, 1.82) is 0 Å². The first kappa shape index (κ1) is 12.0. The summed E-state index contributed by atoms with van der Waals surface area (Å²) in [6, 6.07) is 4.81. The van der Waals surface area contributed by atoms with E-state index in [1.807, 2.05) is 0 Å². The number of hydrogen-bond donors (Lipinski definition) is 1. The Kier molecular flexibility index (Phi) is 5.15. The van der Waals surface area contributed by atoms with Gasteiger partial charge in [0.15, 0.2) is 11.6 Å². The van der Waals surface area contributed by atoms with Gasteiger partial charge in [0, 0.05) is 5.54 Å². The van der Waals surface area contributed by atoms with E-state index < -0.39 is 0 Å². The molecule has 1 aromatic carbocycles. The quantitative estimate of drug-likeness (QED) is 0.842. The Hall–Kier alpha value is -1.06.